The number of fused-ring (bicyclic) bond motifs is 2. The summed E-state index contributed by atoms with van der Waals surface area (Å²) in [6, 6.07) is 11.6. The van der Waals surface area contributed by atoms with E-state index in [2.05, 4.69) is 10.6 Å². The number of benzene rings is 3. The van der Waals surface area contributed by atoms with Gasteiger partial charge >= 0.3 is 5.97 Å². The van der Waals surface area contributed by atoms with Crippen LogP contribution >= 0.6 is 0 Å². The van der Waals surface area contributed by atoms with Crippen LogP contribution in [0.15, 0.2) is 63.8 Å². The lowest BCUT2D eigenvalue weighted by molar-refractivity contribution is -0.122. The monoisotopic (exact) mass is 520 g/mol. The number of hydrogen-bond acceptors (Lipinski definition) is 8. The van der Waals surface area contributed by atoms with Crippen LogP contribution in [0.3, 0.4) is 0 Å². The van der Waals surface area contributed by atoms with Crippen molar-refractivity contribution in [2.45, 2.75) is 12.5 Å². The van der Waals surface area contributed by atoms with Gasteiger partial charge in [0.25, 0.3) is 5.91 Å². The summed E-state index contributed by atoms with van der Waals surface area (Å²) in [7, 11) is 0. The molecule has 2 aromatic rings. The molecule has 2 aliphatic rings. The van der Waals surface area contributed by atoms with Crippen LogP contribution in [0, 0.1) is 0 Å². The molecule has 0 unspecified atom stereocenters. The lowest BCUT2D eigenvalue weighted by Crippen LogP contribution is -2.41. The standard InChI is InChI=1S/C27H24N2O9/c30-12-15(13-31)29-24(34)7-8-28-26(35)14-1-4-18(27(36)37)21(9-14)25-19-5-2-16(32)10-22(19)38-23-11-17(33)3-6-20(23)25/h1-6,9-11,15,30-32H,7-8,12-13H2,(H,28,35)(H,29,34)(H,36,37). The summed E-state index contributed by atoms with van der Waals surface area (Å²) in [5.74, 6) is -2.21. The Bertz CT molecular complexity index is 1560. The van der Waals surface area contributed by atoms with Gasteiger partial charge in [0, 0.05) is 47.2 Å². The van der Waals surface area contributed by atoms with Crippen molar-refractivity contribution in [1.29, 1.82) is 0 Å². The predicted octanol–water partition coefficient (Wildman–Crippen LogP) is 1.56. The van der Waals surface area contributed by atoms with Crippen molar-refractivity contribution in [3.05, 3.63) is 75.9 Å². The van der Waals surface area contributed by atoms with Crippen molar-refractivity contribution in [3.63, 3.8) is 0 Å². The Morgan fingerprint density at radius 2 is 1.68 bits per heavy atom. The van der Waals surface area contributed by atoms with Crippen LogP contribution in [0.4, 0.5) is 0 Å². The molecule has 4 rings (SSSR count). The maximum atomic E-state index is 12.9. The second-order valence-corrected chi connectivity index (χ2v) is 8.52. The molecule has 1 aliphatic heterocycles. The third-order valence-corrected chi connectivity index (χ3v) is 5.90. The van der Waals surface area contributed by atoms with Crippen LogP contribution in [-0.2, 0) is 4.79 Å². The molecule has 196 valence electrons. The van der Waals surface area contributed by atoms with Crippen LogP contribution in [0.25, 0.3) is 33.4 Å². The van der Waals surface area contributed by atoms with Crippen molar-refractivity contribution in [2.24, 2.45) is 0 Å². The average Bonchev–Trinajstić information content (AvgIpc) is 2.89. The van der Waals surface area contributed by atoms with Gasteiger partial charge in [0.15, 0.2) is 5.43 Å². The molecule has 0 fully saturated rings. The molecule has 0 aromatic heterocycles. The largest absolute Gasteiger partial charge is 0.508 e. The summed E-state index contributed by atoms with van der Waals surface area (Å²) >= 11 is 0. The van der Waals surface area contributed by atoms with E-state index >= 15 is 0 Å². The molecule has 0 saturated carbocycles. The molecule has 0 saturated heterocycles. The quantitative estimate of drug-likeness (QED) is 0.178. The number of aliphatic hydroxyl groups excluding tert-OH is 2. The minimum absolute atomic E-state index is 0.0497. The Hall–Kier alpha value is -4.74. The minimum atomic E-state index is -1.24. The number of aliphatic hydroxyl groups is 2. The van der Waals surface area contributed by atoms with Crippen LogP contribution in [0.1, 0.15) is 27.1 Å². The third-order valence-electron chi connectivity index (χ3n) is 5.90. The van der Waals surface area contributed by atoms with Gasteiger partial charge < -0.3 is 35.5 Å². The number of nitrogens with one attached hydrogen (secondary N) is 2. The Morgan fingerprint density at radius 1 is 0.921 bits per heavy atom. The number of phenolic OH excluding ortho intramolecular Hbond substituents is 1. The van der Waals surface area contributed by atoms with E-state index in [1.54, 1.807) is 6.07 Å². The van der Waals surface area contributed by atoms with Gasteiger partial charge in [-0.1, -0.05) is 0 Å². The predicted molar refractivity (Wildman–Crippen MR) is 136 cm³/mol. The highest BCUT2D eigenvalue weighted by molar-refractivity contribution is 6.09. The lowest BCUT2D eigenvalue weighted by Gasteiger charge is -2.17. The number of rotatable bonds is 9. The first kappa shape index (κ1) is 26.3. The van der Waals surface area contributed by atoms with E-state index < -0.39 is 37.0 Å². The lowest BCUT2D eigenvalue weighted by atomic mass is 9.89. The fourth-order valence-electron chi connectivity index (χ4n) is 4.07. The fraction of sp³-hybridized carbons (Fsp3) is 0.185. The van der Waals surface area contributed by atoms with Gasteiger partial charge in [-0.15, -0.1) is 0 Å². The zero-order valence-corrected chi connectivity index (χ0v) is 19.9. The van der Waals surface area contributed by atoms with Crippen LogP contribution in [0.2, 0.25) is 0 Å². The molecule has 2 aromatic carbocycles. The number of phenols is 1. The summed E-state index contributed by atoms with van der Waals surface area (Å²) in [6.45, 7) is -0.912. The highest BCUT2D eigenvalue weighted by Crippen LogP contribution is 2.42. The van der Waals surface area contributed by atoms with Gasteiger partial charge in [-0.3, -0.25) is 14.4 Å². The number of hydrogen-bond donors (Lipinski definition) is 6. The Morgan fingerprint density at radius 3 is 2.39 bits per heavy atom. The second kappa shape index (κ2) is 11.1. The van der Waals surface area contributed by atoms with E-state index in [1.165, 1.54) is 48.5 Å². The van der Waals surface area contributed by atoms with Crippen molar-refractivity contribution < 1.29 is 39.2 Å². The van der Waals surface area contributed by atoms with Gasteiger partial charge in [-0.25, -0.2) is 4.79 Å². The zero-order chi connectivity index (χ0) is 27.4. The second-order valence-electron chi connectivity index (χ2n) is 8.52. The molecular formula is C27H24N2O9. The topological polar surface area (TPSA) is 186 Å². The number of carboxylic acid groups (broad SMARTS) is 1. The maximum Gasteiger partial charge on any atom is 0.336 e. The maximum absolute atomic E-state index is 12.9. The summed E-state index contributed by atoms with van der Waals surface area (Å²) in [6.07, 6.45) is -0.112. The Balaban J connectivity index is 1.73. The summed E-state index contributed by atoms with van der Waals surface area (Å²) in [5, 5.41) is 43.4. The highest BCUT2D eigenvalue weighted by Gasteiger charge is 2.23. The molecular weight excluding hydrogens is 496 g/mol. The van der Waals surface area contributed by atoms with E-state index in [1.807, 2.05) is 0 Å². The molecule has 38 heavy (non-hydrogen) atoms. The Kier molecular flexibility index (Phi) is 7.70. The first-order valence-corrected chi connectivity index (χ1v) is 11.6. The van der Waals surface area contributed by atoms with Gasteiger partial charge in [0.05, 0.1) is 24.8 Å². The molecule has 1 heterocycles. The molecule has 0 spiro atoms. The van der Waals surface area contributed by atoms with Crippen LogP contribution in [0.5, 0.6) is 5.75 Å². The molecule has 6 N–H and O–H groups in total. The van der Waals surface area contributed by atoms with Crippen LogP contribution in [-0.4, -0.2) is 64.0 Å². The summed E-state index contributed by atoms with van der Waals surface area (Å²) in [5.41, 5.74) is 0.912. The number of aromatic hydroxyl groups is 1. The molecule has 1 aliphatic carbocycles. The fourth-order valence-corrected chi connectivity index (χ4v) is 4.07. The van der Waals surface area contributed by atoms with Crippen molar-refractivity contribution >= 4 is 28.8 Å². The molecule has 0 atom stereocenters. The number of carbonyl (C=O) groups is 3. The number of aromatic carboxylic acids is 1. The number of carbonyl (C=O) groups excluding carboxylic acids is 2. The molecule has 0 radical (unpaired) electrons. The Labute approximate surface area is 215 Å². The van der Waals surface area contributed by atoms with E-state index in [9.17, 15) is 29.4 Å². The van der Waals surface area contributed by atoms with Crippen molar-refractivity contribution in [3.8, 4) is 28.2 Å². The first-order valence-electron chi connectivity index (χ1n) is 11.6. The molecule has 0 bridgehead atoms. The van der Waals surface area contributed by atoms with Gasteiger partial charge in [-0.2, -0.15) is 0 Å². The SMILES string of the molecule is O=C(CCNC(=O)c1ccc(C(=O)O)c(-c2c3ccc(=O)cc-3oc3cc(O)ccc23)c1)NC(CO)CO. The smallest absolute Gasteiger partial charge is 0.336 e. The van der Waals surface area contributed by atoms with E-state index in [0.29, 0.717) is 16.5 Å². The average molecular weight is 520 g/mol. The highest BCUT2D eigenvalue weighted by atomic mass is 16.4. The first-order chi connectivity index (χ1) is 18.2. The van der Waals surface area contributed by atoms with Crippen molar-refractivity contribution in [1.82, 2.24) is 10.6 Å². The van der Waals surface area contributed by atoms with E-state index in [-0.39, 0.29) is 52.2 Å². The third kappa shape index (κ3) is 5.48. The molecule has 2 amide bonds. The summed E-state index contributed by atoms with van der Waals surface area (Å²) < 4.78 is 5.81. The van der Waals surface area contributed by atoms with Gasteiger partial charge in [0.2, 0.25) is 5.91 Å². The minimum Gasteiger partial charge on any atom is -0.508 e. The van der Waals surface area contributed by atoms with Gasteiger partial charge in [-0.05, 0) is 48.0 Å². The van der Waals surface area contributed by atoms with Gasteiger partial charge in [0.1, 0.15) is 17.1 Å². The number of carboxylic acids is 1. The molecule has 11 heteroatoms. The number of amides is 2. The zero-order valence-electron chi connectivity index (χ0n) is 19.9. The van der Waals surface area contributed by atoms with Crippen molar-refractivity contribution in [2.75, 3.05) is 19.8 Å². The van der Waals surface area contributed by atoms with E-state index in [4.69, 9.17) is 14.6 Å². The van der Waals surface area contributed by atoms with Crippen LogP contribution < -0.4 is 16.1 Å². The summed E-state index contributed by atoms with van der Waals surface area (Å²) in [4.78, 5) is 49.0. The van der Waals surface area contributed by atoms with E-state index in [0.717, 1.165) is 0 Å². The molecule has 11 nitrogen and oxygen atoms in total. The normalized spacial score (nSPS) is 11.1.